The predicted octanol–water partition coefficient (Wildman–Crippen LogP) is 1.80. The Morgan fingerprint density at radius 2 is 1.27 bits per heavy atom. The van der Waals surface area contributed by atoms with Gasteiger partial charge in [0, 0.05) is 12.2 Å². The summed E-state index contributed by atoms with van der Waals surface area (Å²) >= 11 is 0. The zero-order chi connectivity index (χ0) is 18.9. The van der Waals surface area contributed by atoms with Crippen LogP contribution in [0.5, 0.6) is 17.2 Å². The van der Waals surface area contributed by atoms with E-state index in [0.717, 1.165) is 28.3 Å². The maximum absolute atomic E-state index is 5.37. The highest BCUT2D eigenvalue weighted by Crippen LogP contribution is 2.28. The van der Waals surface area contributed by atoms with E-state index in [-0.39, 0.29) is 0 Å². The van der Waals surface area contributed by atoms with Crippen LogP contribution in [0, 0.1) is 14.1 Å². The summed E-state index contributed by atoms with van der Waals surface area (Å²) in [6.45, 7) is 0. The lowest BCUT2D eigenvalue weighted by molar-refractivity contribution is -0.594. The van der Waals surface area contributed by atoms with Crippen LogP contribution in [0.2, 0.25) is 0 Å². The van der Waals surface area contributed by atoms with Gasteiger partial charge in [-0.2, -0.15) is 0 Å². The fourth-order valence-corrected chi connectivity index (χ4v) is 2.52. The van der Waals surface area contributed by atoms with Crippen molar-refractivity contribution in [2.75, 3.05) is 21.3 Å². The van der Waals surface area contributed by atoms with Gasteiger partial charge in [0.15, 0.2) is 22.9 Å². The lowest BCUT2D eigenvalue weighted by Gasteiger charge is -2.11. The minimum Gasteiger partial charge on any atom is -0.497 e. The number of hydrogen-bond acceptors (Lipinski definition) is 3. The van der Waals surface area contributed by atoms with Gasteiger partial charge in [-0.15, -0.1) is 14.1 Å². The zero-order valence-electron chi connectivity index (χ0n) is 15.5. The first-order valence-electron chi connectivity index (χ1n) is 8.20. The molecule has 5 heteroatoms. The molecule has 5 nitrogen and oxygen atoms in total. The minimum atomic E-state index is 0.684. The monoisotopic (exact) mass is 354 g/mol. The lowest BCUT2D eigenvalue weighted by Crippen LogP contribution is -2.84. The van der Waals surface area contributed by atoms with Crippen LogP contribution < -0.4 is 24.8 Å². The quantitative estimate of drug-likeness (QED) is 0.561. The Bertz CT molecular complexity index is 780. The van der Waals surface area contributed by atoms with Gasteiger partial charge in [-0.05, 0) is 35.4 Å². The second-order valence-corrected chi connectivity index (χ2v) is 5.50. The van der Waals surface area contributed by atoms with Gasteiger partial charge < -0.3 is 24.8 Å². The molecule has 138 valence electrons. The van der Waals surface area contributed by atoms with Crippen LogP contribution in [0.1, 0.15) is 11.1 Å². The maximum Gasteiger partial charge on any atom is 0.163 e. The smallest absolute Gasteiger partial charge is 0.163 e. The van der Waals surface area contributed by atoms with Crippen LogP contribution in [0.15, 0.2) is 53.9 Å². The van der Waals surface area contributed by atoms with Crippen molar-refractivity contribution in [3.8, 4) is 17.2 Å². The highest BCUT2D eigenvalue weighted by molar-refractivity contribution is 5.63. The average Bonchev–Trinajstić information content (AvgIpc) is 2.70. The molecule has 2 aromatic rings. The number of rotatable bonds is 8. The molecule has 0 radical (unpaired) electrons. The largest absolute Gasteiger partial charge is 0.497 e. The van der Waals surface area contributed by atoms with Gasteiger partial charge in [-0.1, -0.05) is 18.2 Å². The molecule has 0 unspecified atom stereocenters. The molecule has 0 fully saturated rings. The fourth-order valence-electron chi connectivity index (χ4n) is 2.52. The van der Waals surface area contributed by atoms with Crippen molar-refractivity contribution in [1.82, 2.24) is 0 Å². The van der Waals surface area contributed by atoms with Crippen LogP contribution in [0.4, 0.5) is 0 Å². The van der Waals surface area contributed by atoms with Crippen molar-refractivity contribution in [3.05, 3.63) is 79.1 Å². The predicted molar refractivity (Wildman–Crippen MR) is 103 cm³/mol. The Kier molecular flexibility index (Phi) is 7.26. The van der Waals surface area contributed by atoms with Gasteiger partial charge in [0.05, 0.1) is 21.3 Å². The summed E-state index contributed by atoms with van der Waals surface area (Å²) in [5.74, 6) is 2.21. The van der Waals surface area contributed by atoms with Crippen molar-refractivity contribution in [1.29, 1.82) is 0 Å². The van der Waals surface area contributed by atoms with Gasteiger partial charge in [-0.25, -0.2) is 0 Å². The first kappa shape index (κ1) is 19.6. The van der Waals surface area contributed by atoms with E-state index >= 15 is 0 Å². The van der Waals surface area contributed by atoms with Crippen molar-refractivity contribution < 1.29 is 24.8 Å². The van der Waals surface area contributed by atoms with Gasteiger partial charge in [0.2, 0.25) is 0 Å². The van der Waals surface area contributed by atoms with E-state index in [2.05, 4.69) is 20.2 Å². The van der Waals surface area contributed by atoms with Crippen molar-refractivity contribution in [3.63, 3.8) is 0 Å². The topological polar surface area (TPSA) is 60.9 Å². The zero-order valence-corrected chi connectivity index (χ0v) is 15.5. The van der Waals surface area contributed by atoms with Gasteiger partial charge >= 0.3 is 0 Å². The maximum atomic E-state index is 5.37. The summed E-state index contributed by atoms with van der Waals surface area (Å²) in [6, 6.07) is 13.6. The molecule has 2 aromatic carbocycles. The second kappa shape index (κ2) is 9.65. The second-order valence-electron chi connectivity index (χ2n) is 5.50. The minimum absolute atomic E-state index is 0.684. The number of ether oxygens (including phenoxy) is 3. The third kappa shape index (κ3) is 4.88. The summed E-state index contributed by atoms with van der Waals surface area (Å²) in [4.78, 5) is 0. The third-order valence-electron chi connectivity index (χ3n) is 3.94. The van der Waals surface area contributed by atoms with E-state index < -0.39 is 0 Å². The Hall–Kier alpha value is -2.76. The van der Waals surface area contributed by atoms with E-state index in [1.807, 2.05) is 59.2 Å². The van der Waals surface area contributed by atoms with E-state index in [4.69, 9.17) is 14.2 Å². The molecule has 0 aromatic heterocycles. The van der Waals surface area contributed by atoms with Gasteiger partial charge in [0.1, 0.15) is 5.75 Å². The highest BCUT2D eigenvalue weighted by Gasteiger charge is 2.09. The first-order chi connectivity index (χ1) is 12.6. The molecule has 0 aliphatic heterocycles. The van der Waals surface area contributed by atoms with Crippen molar-refractivity contribution in [2.45, 2.75) is 0 Å². The SMILES string of the molecule is [CH2-][NH2+]C(=Cc1ccc(OC)cc1)C(=Cc1ccc(OC)c(OC)c1)[NH2+][CH2-]. The summed E-state index contributed by atoms with van der Waals surface area (Å²) in [5, 5.41) is 3.63. The Labute approximate surface area is 155 Å². The van der Waals surface area contributed by atoms with Crippen LogP contribution >= 0.6 is 0 Å². The molecule has 0 bridgehead atoms. The molecular formula is C21H26N2O3. The van der Waals surface area contributed by atoms with Gasteiger partial charge in [0.25, 0.3) is 0 Å². The normalized spacial score (nSPS) is 12.0. The van der Waals surface area contributed by atoms with E-state index in [9.17, 15) is 0 Å². The molecule has 2 rings (SSSR count). The van der Waals surface area contributed by atoms with Crippen molar-refractivity contribution in [2.24, 2.45) is 0 Å². The van der Waals surface area contributed by atoms with Crippen LogP contribution in [-0.4, -0.2) is 21.3 Å². The van der Waals surface area contributed by atoms with E-state index in [0.29, 0.717) is 11.5 Å². The van der Waals surface area contributed by atoms with Crippen LogP contribution in [-0.2, 0) is 0 Å². The Morgan fingerprint density at radius 3 is 1.77 bits per heavy atom. The highest BCUT2D eigenvalue weighted by atomic mass is 16.5. The fraction of sp³-hybridized carbons (Fsp3) is 0.143. The molecule has 0 heterocycles. The summed E-state index contributed by atoms with van der Waals surface area (Å²) in [5.41, 5.74) is 3.98. The lowest BCUT2D eigenvalue weighted by atomic mass is 10.1. The number of hydrogen-bond donors (Lipinski definition) is 2. The Morgan fingerprint density at radius 1 is 0.731 bits per heavy atom. The number of quaternary nitrogens is 2. The summed E-state index contributed by atoms with van der Waals surface area (Å²) < 4.78 is 15.9. The standard InChI is InChI=1S/C21H26N2O3/c1-22-18(12-15-6-9-17(24-3)10-7-15)19(23-2)13-16-8-11-20(25-4)21(14-16)26-5/h6-14H,1-2,22-23H2,3-5H3. The first-order valence-corrected chi connectivity index (χ1v) is 8.20. The van der Waals surface area contributed by atoms with Crippen LogP contribution in [0.3, 0.4) is 0 Å². The molecule has 0 aliphatic rings. The molecule has 0 saturated heterocycles. The molecular weight excluding hydrogens is 328 g/mol. The molecule has 4 N–H and O–H groups in total. The Balaban J connectivity index is 2.36. The average molecular weight is 354 g/mol. The number of nitrogens with two attached hydrogens (primary N) is 2. The molecule has 0 spiro atoms. The molecule has 0 aliphatic carbocycles. The molecule has 0 atom stereocenters. The summed E-state index contributed by atoms with van der Waals surface area (Å²) in [6.07, 6.45) is 4.09. The number of methoxy groups -OCH3 is 3. The number of benzene rings is 2. The molecule has 26 heavy (non-hydrogen) atoms. The molecule has 0 saturated carbocycles. The van der Waals surface area contributed by atoms with Gasteiger partial charge in [-0.3, -0.25) is 0 Å². The van der Waals surface area contributed by atoms with Crippen molar-refractivity contribution >= 4 is 12.2 Å². The van der Waals surface area contributed by atoms with Crippen LogP contribution in [0.25, 0.3) is 12.2 Å². The molecule has 0 amide bonds. The summed E-state index contributed by atoms with van der Waals surface area (Å²) in [7, 11) is 12.8. The van der Waals surface area contributed by atoms with E-state index in [1.54, 1.807) is 21.3 Å². The third-order valence-corrected chi connectivity index (χ3v) is 3.94. The van der Waals surface area contributed by atoms with E-state index in [1.165, 1.54) is 0 Å².